The normalized spacial score (nSPS) is 12.4. The molecular weight excluding hydrogens is 516 g/mol. The summed E-state index contributed by atoms with van der Waals surface area (Å²) in [5, 5.41) is 14.0. The second kappa shape index (κ2) is 8.60. The SMILES string of the molecule is N#Cc1ccc2c(c1)c1ccccc1n2-c1ccc2c(c1)OCc1ccc(-c3cccc4c3oc3ccccc34)cc1-2. The molecule has 196 valence electrons. The van der Waals surface area contributed by atoms with E-state index in [0.29, 0.717) is 12.2 Å². The van der Waals surface area contributed by atoms with E-state index >= 15 is 0 Å². The average Bonchev–Trinajstić information content (AvgIpc) is 3.59. The van der Waals surface area contributed by atoms with Crippen LogP contribution in [0.1, 0.15) is 11.1 Å². The summed E-state index contributed by atoms with van der Waals surface area (Å²) in [6.45, 7) is 0.514. The Bertz CT molecular complexity index is 2440. The van der Waals surface area contributed by atoms with Gasteiger partial charge in [0, 0.05) is 44.4 Å². The summed E-state index contributed by atoms with van der Waals surface area (Å²) in [5.74, 6) is 0.860. The lowest BCUT2D eigenvalue weighted by Gasteiger charge is -2.23. The molecule has 0 spiro atoms. The van der Waals surface area contributed by atoms with Gasteiger partial charge in [0.25, 0.3) is 0 Å². The van der Waals surface area contributed by atoms with Crippen LogP contribution in [-0.2, 0) is 6.61 Å². The van der Waals surface area contributed by atoms with E-state index < -0.39 is 0 Å². The van der Waals surface area contributed by atoms with E-state index in [1.807, 2.05) is 36.4 Å². The number of benzene rings is 6. The number of fused-ring (bicyclic) bond motifs is 9. The third-order valence-electron chi connectivity index (χ3n) is 8.52. The van der Waals surface area contributed by atoms with Gasteiger partial charge in [-0.2, -0.15) is 5.26 Å². The van der Waals surface area contributed by atoms with Crippen LogP contribution in [0.25, 0.3) is 71.7 Å². The Labute approximate surface area is 241 Å². The molecule has 0 atom stereocenters. The highest BCUT2D eigenvalue weighted by Gasteiger charge is 2.21. The molecule has 8 aromatic rings. The van der Waals surface area contributed by atoms with E-state index in [1.54, 1.807) is 0 Å². The van der Waals surface area contributed by atoms with Gasteiger partial charge in [0.05, 0.1) is 22.7 Å². The van der Waals surface area contributed by atoms with Crippen LogP contribution in [0.4, 0.5) is 0 Å². The minimum Gasteiger partial charge on any atom is -0.488 e. The average molecular weight is 539 g/mol. The minimum absolute atomic E-state index is 0.514. The van der Waals surface area contributed by atoms with Crippen LogP contribution in [0.15, 0.2) is 126 Å². The third-order valence-corrected chi connectivity index (χ3v) is 8.52. The molecule has 0 N–H and O–H groups in total. The van der Waals surface area contributed by atoms with Crippen LogP contribution in [0.2, 0.25) is 0 Å². The maximum absolute atomic E-state index is 9.50. The number of nitriles is 1. The lowest BCUT2D eigenvalue weighted by atomic mass is 9.92. The van der Waals surface area contributed by atoms with Gasteiger partial charge in [-0.25, -0.2) is 0 Å². The number of nitrogens with zero attached hydrogens (tertiary/aromatic N) is 2. The van der Waals surface area contributed by atoms with Crippen LogP contribution in [0.3, 0.4) is 0 Å². The number of furan rings is 1. The summed E-state index contributed by atoms with van der Waals surface area (Å²) in [7, 11) is 0. The summed E-state index contributed by atoms with van der Waals surface area (Å²) >= 11 is 0. The largest absolute Gasteiger partial charge is 0.488 e. The lowest BCUT2D eigenvalue weighted by molar-refractivity contribution is 0.302. The summed E-state index contributed by atoms with van der Waals surface area (Å²) < 4.78 is 14.9. The van der Waals surface area contributed by atoms with Gasteiger partial charge in [-0.15, -0.1) is 0 Å². The molecule has 0 saturated carbocycles. The maximum Gasteiger partial charge on any atom is 0.143 e. The van der Waals surface area contributed by atoms with Gasteiger partial charge < -0.3 is 13.7 Å². The Morgan fingerprint density at radius 1 is 0.619 bits per heavy atom. The van der Waals surface area contributed by atoms with Crippen molar-refractivity contribution in [2.75, 3.05) is 0 Å². The van der Waals surface area contributed by atoms with Gasteiger partial charge in [0.15, 0.2) is 0 Å². The van der Waals surface area contributed by atoms with E-state index in [2.05, 4.69) is 95.6 Å². The van der Waals surface area contributed by atoms with Crippen LogP contribution < -0.4 is 4.74 Å². The van der Waals surface area contributed by atoms with Crippen molar-refractivity contribution in [1.29, 1.82) is 5.26 Å². The van der Waals surface area contributed by atoms with E-state index in [4.69, 9.17) is 9.15 Å². The Balaban J connectivity index is 1.20. The topological polar surface area (TPSA) is 51.1 Å². The standard InChI is InChI=1S/C38H22N2O2/c39-21-23-12-17-35-33(18-23)28-6-1-3-10-34(28)40(35)26-15-16-30-32-19-24(13-14-25(32)22-41-37(30)20-26)27-8-5-9-31-29-7-2-4-11-36(29)42-38(27)31/h1-20H,22H2. The van der Waals surface area contributed by atoms with E-state index in [-0.39, 0.29) is 0 Å². The Kier molecular flexibility index (Phi) is 4.70. The predicted octanol–water partition coefficient (Wildman–Crippen LogP) is 9.78. The molecular formula is C38H22N2O2. The highest BCUT2D eigenvalue weighted by Crippen LogP contribution is 2.43. The molecule has 0 bridgehead atoms. The first-order valence-corrected chi connectivity index (χ1v) is 14.0. The summed E-state index contributed by atoms with van der Waals surface area (Å²) in [6.07, 6.45) is 0. The first-order valence-electron chi connectivity index (χ1n) is 14.0. The monoisotopic (exact) mass is 538 g/mol. The Hall–Kier alpha value is -5.79. The lowest BCUT2D eigenvalue weighted by Crippen LogP contribution is -2.06. The van der Waals surface area contributed by atoms with Gasteiger partial charge in [0.2, 0.25) is 0 Å². The molecule has 6 aromatic carbocycles. The van der Waals surface area contributed by atoms with E-state index in [1.165, 1.54) is 5.56 Å². The van der Waals surface area contributed by atoms with Crippen molar-refractivity contribution in [3.63, 3.8) is 0 Å². The van der Waals surface area contributed by atoms with Crippen LogP contribution in [-0.4, -0.2) is 4.57 Å². The van der Waals surface area contributed by atoms with Gasteiger partial charge in [-0.1, -0.05) is 66.7 Å². The zero-order chi connectivity index (χ0) is 27.8. The Morgan fingerprint density at radius 2 is 1.45 bits per heavy atom. The molecule has 9 rings (SSSR count). The van der Waals surface area contributed by atoms with Crippen molar-refractivity contribution in [2.45, 2.75) is 6.61 Å². The molecule has 0 fully saturated rings. The predicted molar refractivity (Wildman–Crippen MR) is 168 cm³/mol. The molecule has 0 amide bonds. The molecule has 4 heteroatoms. The van der Waals surface area contributed by atoms with Crippen molar-refractivity contribution in [3.8, 4) is 39.8 Å². The second-order valence-electron chi connectivity index (χ2n) is 10.8. The van der Waals surface area contributed by atoms with Crippen molar-refractivity contribution in [2.24, 2.45) is 0 Å². The van der Waals surface area contributed by atoms with E-state index in [9.17, 15) is 5.26 Å². The highest BCUT2D eigenvalue weighted by atomic mass is 16.5. The molecule has 3 heterocycles. The van der Waals surface area contributed by atoms with Crippen LogP contribution >= 0.6 is 0 Å². The Morgan fingerprint density at radius 3 is 2.38 bits per heavy atom. The van der Waals surface area contributed by atoms with Crippen molar-refractivity contribution in [3.05, 3.63) is 132 Å². The molecule has 0 aliphatic carbocycles. The smallest absolute Gasteiger partial charge is 0.143 e. The molecule has 0 radical (unpaired) electrons. The summed E-state index contributed by atoms with van der Waals surface area (Å²) in [5.41, 5.74) is 11.3. The second-order valence-corrected chi connectivity index (χ2v) is 10.8. The van der Waals surface area contributed by atoms with E-state index in [0.717, 1.165) is 77.4 Å². The number of aromatic nitrogens is 1. The van der Waals surface area contributed by atoms with Gasteiger partial charge in [0.1, 0.15) is 23.5 Å². The highest BCUT2D eigenvalue weighted by molar-refractivity contribution is 6.10. The molecule has 0 saturated heterocycles. The fourth-order valence-electron chi connectivity index (χ4n) is 6.56. The summed E-state index contributed by atoms with van der Waals surface area (Å²) in [6, 6.07) is 44.1. The number of para-hydroxylation sites is 3. The first kappa shape index (κ1) is 23.0. The molecule has 0 unspecified atom stereocenters. The quantitative estimate of drug-likeness (QED) is 0.220. The molecule has 1 aliphatic heterocycles. The van der Waals surface area contributed by atoms with Crippen LogP contribution in [0, 0.1) is 11.3 Å². The zero-order valence-corrected chi connectivity index (χ0v) is 22.5. The first-order chi connectivity index (χ1) is 20.8. The van der Waals surface area contributed by atoms with Crippen molar-refractivity contribution >= 4 is 43.7 Å². The molecule has 2 aromatic heterocycles. The number of rotatable bonds is 2. The van der Waals surface area contributed by atoms with Crippen molar-refractivity contribution < 1.29 is 9.15 Å². The molecule has 42 heavy (non-hydrogen) atoms. The molecule has 1 aliphatic rings. The third kappa shape index (κ3) is 3.22. The molecule has 4 nitrogen and oxygen atoms in total. The van der Waals surface area contributed by atoms with Crippen molar-refractivity contribution in [1.82, 2.24) is 4.57 Å². The zero-order valence-electron chi connectivity index (χ0n) is 22.5. The fourth-order valence-corrected chi connectivity index (χ4v) is 6.56. The maximum atomic E-state index is 9.50. The fraction of sp³-hybridized carbons (Fsp3) is 0.0263. The summed E-state index contributed by atoms with van der Waals surface area (Å²) in [4.78, 5) is 0. The van der Waals surface area contributed by atoms with Gasteiger partial charge in [-0.3, -0.25) is 0 Å². The number of ether oxygens (including phenoxy) is 1. The number of hydrogen-bond donors (Lipinski definition) is 0. The minimum atomic E-state index is 0.514. The van der Waals surface area contributed by atoms with Gasteiger partial charge in [-0.05, 0) is 65.2 Å². The van der Waals surface area contributed by atoms with Gasteiger partial charge >= 0.3 is 0 Å². The van der Waals surface area contributed by atoms with Crippen LogP contribution in [0.5, 0.6) is 5.75 Å². The number of hydrogen-bond acceptors (Lipinski definition) is 3.